The summed E-state index contributed by atoms with van der Waals surface area (Å²) in [6, 6.07) is 0. The molecule has 3 aliphatic carbocycles. The van der Waals surface area contributed by atoms with Gasteiger partial charge in [-0.2, -0.15) is 0 Å². The molecule has 0 unspecified atom stereocenters. The molecule has 13 heavy (non-hydrogen) atoms. The van der Waals surface area contributed by atoms with Gasteiger partial charge in [0.1, 0.15) is 5.60 Å². The van der Waals surface area contributed by atoms with Crippen molar-refractivity contribution in [1.29, 1.82) is 0 Å². The highest BCUT2D eigenvalue weighted by atomic mass is 16.5. The minimum Gasteiger partial charge on any atom is -0.370 e. The highest BCUT2D eigenvalue weighted by molar-refractivity contribution is 5.98. The highest BCUT2D eigenvalue weighted by Crippen LogP contribution is 2.57. The van der Waals surface area contributed by atoms with Crippen molar-refractivity contribution in [2.75, 3.05) is 7.11 Å². The number of hydrogen-bond donors (Lipinski definition) is 0. The van der Waals surface area contributed by atoms with Gasteiger partial charge in [0.15, 0.2) is 5.78 Å². The van der Waals surface area contributed by atoms with E-state index in [1.54, 1.807) is 7.11 Å². The van der Waals surface area contributed by atoms with Crippen LogP contribution in [-0.2, 0) is 9.53 Å². The van der Waals surface area contributed by atoms with E-state index in [1.807, 2.05) is 13.0 Å². The van der Waals surface area contributed by atoms with E-state index in [2.05, 4.69) is 6.08 Å². The molecular weight excluding hydrogens is 164 g/mol. The lowest BCUT2D eigenvalue weighted by Crippen LogP contribution is -2.57. The van der Waals surface area contributed by atoms with E-state index in [4.69, 9.17) is 4.74 Å². The zero-order valence-electron chi connectivity index (χ0n) is 8.25. The molecule has 2 nitrogen and oxygen atoms in total. The van der Waals surface area contributed by atoms with Crippen LogP contribution in [0, 0.1) is 11.8 Å². The molecule has 0 aromatic rings. The number of allylic oxidation sites excluding steroid dienone is 2. The van der Waals surface area contributed by atoms with Crippen molar-refractivity contribution in [2.24, 2.45) is 11.8 Å². The minimum absolute atomic E-state index is 0.302. The lowest BCUT2D eigenvalue weighted by Gasteiger charge is -2.44. The number of ether oxygens (including phenoxy) is 1. The third-order valence-corrected chi connectivity index (χ3v) is 3.66. The van der Waals surface area contributed by atoms with Crippen molar-refractivity contribution in [1.82, 2.24) is 0 Å². The van der Waals surface area contributed by atoms with Crippen LogP contribution in [0.3, 0.4) is 0 Å². The third kappa shape index (κ3) is 0.953. The smallest absolute Gasteiger partial charge is 0.168 e. The number of rotatable bonds is 3. The Bertz CT molecular complexity index is 257. The maximum absolute atomic E-state index is 11.6. The monoisotopic (exact) mass is 180 g/mol. The Morgan fingerprint density at radius 3 is 3.00 bits per heavy atom. The molecule has 0 N–H and O–H groups in total. The molecule has 3 rings (SSSR count). The molecule has 2 bridgehead atoms. The molecule has 2 heteroatoms. The number of ketones is 1. The van der Waals surface area contributed by atoms with Gasteiger partial charge in [0, 0.05) is 18.9 Å². The molecule has 0 amide bonds. The Hall–Kier alpha value is -0.630. The molecule has 0 spiro atoms. The zero-order chi connectivity index (χ0) is 9.47. The fourth-order valence-electron chi connectivity index (χ4n) is 2.91. The lowest BCUT2D eigenvalue weighted by atomic mass is 9.65. The summed E-state index contributed by atoms with van der Waals surface area (Å²) in [6.45, 7) is 2.02. The summed E-state index contributed by atoms with van der Waals surface area (Å²) in [5.74, 6) is 1.11. The summed E-state index contributed by atoms with van der Waals surface area (Å²) >= 11 is 0. The second-order valence-corrected chi connectivity index (χ2v) is 4.01. The van der Waals surface area contributed by atoms with Gasteiger partial charge in [-0.25, -0.2) is 0 Å². The fourth-order valence-corrected chi connectivity index (χ4v) is 2.91. The molecule has 0 radical (unpaired) electrons. The van der Waals surface area contributed by atoms with Crippen LogP contribution in [0.2, 0.25) is 0 Å². The Morgan fingerprint density at radius 2 is 2.46 bits per heavy atom. The van der Waals surface area contributed by atoms with Crippen LogP contribution in [0.25, 0.3) is 0 Å². The summed E-state index contributed by atoms with van der Waals surface area (Å²) in [4.78, 5) is 11.6. The van der Waals surface area contributed by atoms with Crippen LogP contribution < -0.4 is 0 Å². The van der Waals surface area contributed by atoms with Gasteiger partial charge in [0.25, 0.3) is 0 Å². The van der Waals surface area contributed by atoms with Gasteiger partial charge in [-0.1, -0.05) is 12.2 Å². The Labute approximate surface area is 79.0 Å². The van der Waals surface area contributed by atoms with E-state index in [1.165, 1.54) is 0 Å². The van der Waals surface area contributed by atoms with Crippen molar-refractivity contribution in [3.8, 4) is 0 Å². The standard InChI is InChI=1S/C11H16O2/c1-3-4-5-9-8-6-7-11(9,13-2)10(8)12/h3-4,8-9H,5-7H2,1-2H3/b4-3+/t8-,9-,11-/m1/s1. The maximum atomic E-state index is 11.6. The minimum atomic E-state index is -0.385. The number of carbonyl (C=O) groups is 1. The topological polar surface area (TPSA) is 26.3 Å². The van der Waals surface area contributed by atoms with Crippen molar-refractivity contribution in [3.63, 3.8) is 0 Å². The Morgan fingerprint density at radius 1 is 1.69 bits per heavy atom. The van der Waals surface area contributed by atoms with E-state index in [0.717, 1.165) is 19.3 Å². The van der Waals surface area contributed by atoms with Gasteiger partial charge in [-0.05, 0) is 26.2 Å². The first-order valence-electron chi connectivity index (χ1n) is 4.97. The molecule has 3 atom stereocenters. The predicted molar refractivity (Wildman–Crippen MR) is 50.4 cm³/mol. The summed E-state index contributed by atoms with van der Waals surface area (Å²) < 4.78 is 5.40. The van der Waals surface area contributed by atoms with Gasteiger partial charge in [-0.3, -0.25) is 4.79 Å². The molecule has 72 valence electrons. The van der Waals surface area contributed by atoms with E-state index in [0.29, 0.717) is 17.6 Å². The number of fused-ring (bicyclic) bond motifs is 1. The van der Waals surface area contributed by atoms with Crippen molar-refractivity contribution < 1.29 is 9.53 Å². The first-order valence-corrected chi connectivity index (χ1v) is 4.97. The first kappa shape index (κ1) is 8.95. The van der Waals surface area contributed by atoms with Gasteiger partial charge in [-0.15, -0.1) is 0 Å². The van der Waals surface area contributed by atoms with Crippen LogP contribution >= 0.6 is 0 Å². The van der Waals surface area contributed by atoms with Gasteiger partial charge >= 0.3 is 0 Å². The summed E-state index contributed by atoms with van der Waals surface area (Å²) in [7, 11) is 1.67. The fraction of sp³-hybridized carbons (Fsp3) is 0.727. The van der Waals surface area contributed by atoms with E-state index in [9.17, 15) is 4.79 Å². The van der Waals surface area contributed by atoms with Crippen molar-refractivity contribution in [3.05, 3.63) is 12.2 Å². The molecular formula is C11H16O2. The zero-order valence-corrected chi connectivity index (χ0v) is 8.25. The highest BCUT2D eigenvalue weighted by Gasteiger charge is 2.66. The van der Waals surface area contributed by atoms with Gasteiger partial charge in [0.05, 0.1) is 0 Å². The van der Waals surface area contributed by atoms with E-state index >= 15 is 0 Å². The SMILES string of the molecule is C/C=C/C[C@@H]1[C@H]2CC[C@]1(OC)C2=O. The number of methoxy groups -OCH3 is 1. The Balaban J connectivity index is 2.11. The molecule has 3 saturated carbocycles. The van der Waals surface area contributed by atoms with Crippen LogP contribution in [0.15, 0.2) is 12.2 Å². The first-order chi connectivity index (χ1) is 6.26. The molecule has 0 heterocycles. The normalized spacial score (nSPS) is 42.8. The van der Waals surface area contributed by atoms with Crippen molar-refractivity contribution >= 4 is 5.78 Å². The number of carbonyl (C=O) groups excluding carboxylic acids is 1. The third-order valence-electron chi connectivity index (χ3n) is 3.66. The average Bonchev–Trinajstić information content (AvgIpc) is 2.68. The largest absolute Gasteiger partial charge is 0.370 e. The van der Waals surface area contributed by atoms with Crippen LogP contribution in [0.4, 0.5) is 0 Å². The predicted octanol–water partition coefficient (Wildman–Crippen LogP) is 1.95. The van der Waals surface area contributed by atoms with Crippen LogP contribution in [-0.4, -0.2) is 18.5 Å². The second kappa shape index (κ2) is 2.95. The number of hydrogen-bond acceptors (Lipinski definition) is 2. The van der Waals surface area contributed by atoms with E-state index < -0.39 is 0 Å². The van der Waals surface area contributed by atoms with Crippen molar-refractivity contribution in [2.45, 2.75) is 31.8 Å². The molecule has 0 saturated heterocycles. The molecule has 3 fully saturated rings. The van der Waals surface area contributed by atoms with Gasteiger partial charge < -0.3 is 4.74 Å². The van der Waals surface area contributed by atoms with Crippen LogP contribution in [0.5, 0.6) is 0 Å². The number of Topliss-reactive ketones (excluding diaryl/α,β-unsaturated/α-hetero) is 1. The molecule has 0 aliphatic heterocycles. The summed E-state index contributed by atoms with van der Waals surface area (Å²) in [5.41, 5.74) is -0.385. The van der Waals surface area contributed by atoms with E-state index in [-0.39, 0.29) is 5.60 Å². The summed E-state index contributed by atoms with van der Waals surface area (Å²) in [6.07, 6.45) is 7.17. The molecule has 3 aliphatic rings. The second-order valence-electron chi connectivity index (χ2n) is 4.01. The molecule has 0 aromatic heterocycles. The molecule has 0 aromatic carbocycles. The maximum Gasteiger partial charge on any atom is 0.168 e. The lowest BCUT2D eigenvalue weighted by molar-refractivity contribution is -0.167. The average molecular weight is 180 g/mol. The van der Waals surface area contributed by atoms with Gasteiger partial charge in [0.2, 0.25) is 0 Å². The van der Waals surface area contributed by atoms with Crippen LogP contribution in [0.1, 0.15) is 26.2 Å². The Kier molecular flexibility index (Phi) is 2.03. The summed E-state index contributed by atoms with van der Waals surface area (Å²) in [5, 5.41) is 0. The quantitative estimate of drug-likeness (QED) is 0.620.